The van der Waals surface area contributed by atoms with E-state index in [-0.39, 0.29) is 10.2 Å². The smallest absolute Gasteiger partial charge is 0.329 e. The summed E-state index contributed by atoms with van der Waals surface area (Å²) in [4.78, 5) is 10.3. The lowest BCUT2D eigenvalue weighted by Gasteiger charge is -2.20. The van der Waals surface area contributed by atoms with Crippen molar-refractivity contribution >= 4 is 21.9 Å². The molecule has 0 spiro atoms. The quantitative estimate of drug-likeness (QED) is 0.815. The van der Waals surface area contributed by atoms with Crippen LogP contribution in [0.4, 0.5) is 8.78 Å². The number of carboxylic acid groups (broad SMARTS) is 1. The van der Waals surface area contributed by atoms with Gasteiger partial charge in [0.2, 0.25) is 0 Å². The molecule has 0 aliphatic carbocycles. The highest BCUT2D eigenvalue weighted by atomic mass is 79.9. The fraction of sp³-hybridized carbons (Fsp3) is 0.417. The molecule has 0 atom stereocenters. The van der Waals surface area contributed by atoms with Crippen molar-refractivity contribution in [1.82, 2.24) is 0 Å². The summed E-state index contributed by atoms with van der Waals surface area (Å²) in [6, 6.07) is 2.50. The SMILES string of the molecule is COc1ccc(C(F)(F)COCC(=O)O)c(OC)c1Br. The minimum atomic E-state index is -3.39. The number of rotatable bonds is 7. The number of alkyl halides is 2. The van der Waals surface area contributed by atoms with E-state index < -0.39 is 30.7 Å². The van der Waals surface area contributed by atoms with Crippen LogP contribution in [0.2, 0.25) is 0 Å². The van der Waals surface area contributed by atoms with Crippen molar-refractivity contribution in [2.75, 3.05) is 27.4 Å². The Balaban J connectivity index is 3.04. The van der Waals surface area contributed by atoms with Gasteiger partial charge in [-0.2, -0.15) is 8.78 Å². The second-order valence-electron chi connectivity index (χ2n) is 3.75. The van der Waals surface area contributed by atoms with Crippen LogP contribution in [0.25, 0.3) is 0 Å². The molecule has 1 N–H and O–H groups in total. The van der Waals surface area contributed by atoms with Crippen LogP contribution in [0, 0.1) is 0 Å². The number of methoxy groups -OCH3 is 2. The Kier molecular flexibility index (Phi) is 5.70. The largest absolute Gasteiger partial charge is 0.495 e. The molecule has 5 nitrogen and oxygen atoms in total. The van der Waals surface area contributed by atoms with Gasteiger partial charge in [-0.05, 0) is 28.1 Å². The van der Waals surface area contributed by atoms with E-state index in [0.29, 0.717) is 5.75 Å². The molecule has 0 saturated carbocycles. The van der Waals surface area contributed by atoms with Crippen LogP contribution in [-0.4, -0.2) is 38.5 Å². The van der Waals surface area contributed by atoms with Crippen molar-refractivity contribution in [1.29, 1.82) is 0 Å². The summed E-state index contributed by atoms with van der Waals surface area (Å²) in [7, 11) is 2.64. The van der Waals surface area contributed by atoms with E-state index >= 15 is 0 Å². The zero-order valence-corrected chi connectivity index (χ0v) is 12.4. The molecule has 20 heavy (non-hydrogen) atoms. The van der Waals surface area contributed by atoms with Crippen molar-refractivity contribution in [3.05, 3.63) is 22.2 Å². The van der Waals surface area contributed by atoms with Gasteiger partial charge in [0.1, 0.15) is 29.2 Å². The number of benzene rings is 1. The fourth-order valence-electron chi connectivity index (χ4n) is 1.53. The Morgan fingerprint density at radius 2 is 2.00 bits per heavy atom. The van der Waals surface area contributed by atoms with E-state index in [2.05, 4.69) is 20.7 Å². The van der Waals surface area contributed by atoms with Gasteiger partial charge in [0.05, 0.1) is 19.8 Å². The van der Waals surface area contributed by atoms with E-state index in [0.717, 1.165) is 6.07 Å². The zero-order valence-electron chi connectivity index (χ0n) is 10.8. The van der Waals surface area contributed by atoms with Crippen molar-refractivity contribution in [3.63, 3.8) is 0 Å². The maximum Gasteiger partial charge on any atom is 0.329 e. The summed E-state index contributed by atoms with van der Waals surface area (Å²) >= 11 is 3.12. The molecule has 0 radical (unpaired) electrons. The first-order valence-electron chi connectivity index (χ1n) is 5.41. The van der Waals surface area contributed by atoms with Gasteiger partial charge in [-0.25, -0.2) is 4.79 Å². The summed E-state index contributed by atoms with van der Waals surface area (Å²) in [5.41, 5.74) is -0.418. The molecule has 1 aromatic rings. The van der Waals surface area contributed by atoms with Gasteiger partial charge in [0.15, 0.2) is 0 Å². The lowest BCUT2D eigenvalue weighted by atomic mass is 10.1. The Hall–Kier alpha value is -1.41. The van der Waals surface area contributed by atoms with Crippen molar-refractivity contribution in [2.24, 2.45) is 0 Å². The molecular formula is C12H13BrF2O5. The van der Waals surface area contributed by atoms with Gasteiger partial charge in [-0.15, -0.1) is 0 Å². The predicted octanol–water partition coefficient (Wildman–Crippen LogP) is 2.66. The summed E-state index contributed by atoms with van der Waals surface area (Å²) < 4.78 is 42.7. The van der Waals surface area contributed by atoms with Gasteiger partial charge in [-0.1, -0.05) is 0 Å². The van der Waals surface area contributed by atoms with Crippen molar-refractivity contribution in [3.8, 4) is 11.5 Å². The fourth-order valence-corrected chi connectivity index (χ4v) is 2.20. The normalized spacial score (nSPS) is 11.2. The first kappa shape index (κ1) is 16.6. The number of ether oxygens (including phenoxy) is 3. The highest BCUT2D eigenvalue weighted by molar-refractivity contribution is 9.10. The van der Waals surface area contributed by atoms with Crippen molar-refractivity contribution in [2.45, 2.75) is 5.92 Å². The van der Waals surface area contributed by atoms with Gasteiger partial charge in [0, 0.05) is 0 Å². The van der Waals surface area contributed by atoms with Crippen LogP contribution in [0.5, 0.6) is 11.5 Å². The third-order valence-electron chi connectivity index (χ3n) is 2.39. The maximum atomic E-state index is 14.0. The van der Waals surface area contributed by atoms with Gasteiger partial charge in [0.25, 0.3) is 5.92 Å². The molecule has 0 aromatic heterocycles. The Morgan fingerprint density at radius 3 is 2.50 bits per heavy atom. The molecule has 0 aliphatic heterocycles. The van der Waals surface area contributed by atoms with E-state index in [4.69, 9.17) is 14.6 Å². The number of carboxylic acids is 1. The molecule has 112 valence electrons. The van der Waals surface area contributed by atoms with Crippen LogP contribution in [0.1, 0.15) is 5.56 Å². The maximum absolute atomic E-state index is 14.0. The average Bonchev–Trinajstić information content (AvgIpc) is 2.37. The molecule has 1 aromatic carbocycles. The average molecular weight is 355 g/mol. The minimum absolute atomic E-state index is 0.0896. The van der Waals surface area contributed by atoms with Crippen LogP contribution in [-0.2, 0) is 15.5 Å². The van der Waals surface area contributed by atoms with Crippen LogP contribution < -0.4 is 9.47 Å². The molecule has 1 rings (SSSR count). The zero-order chi connectivity index (χ0) is 15.3. The minimum Gasteiger partial charge on any atom is -0.495 e. The number of carbonyl (C=O) groups is 1. The van der Waals surface area contributed by atoms with E-state index in [9.17, 15) is 13.6 Å². The van der Waals surface area contributed by atoms with Crippen LogP contribution in [0.15, 0.2) is 16.6 Å². The lowest BCUT2D eigenvalue weighted by molar-refractivity contribution is -0.147. The molecule has 0 amide bonds. The molecule has 8 heteroatoms. The third kappa shape index (κ3) is 3.80. The van der Waals surface area contributed by atoms with Gasteiger partial charge >= 0.3 is 5.97 Å². The third-order valence-corrected chi connectivity index (χ3v) is 3.14. The molecule has 0 saturated heterocycles. The summed E-state index contributed by atoms with van der Waals surface area (Å²) in [6.07, 6.45) is 0. The monoisotopic (exact) mass is 354 g/mol. The Bertz CT molecular complexity index is 493. The van der Waals surface area contributed by atoms with Crippen LogP contribution >= 0.6 is 15.9 Å². The number of hydrogen-bond acceptors (Lipinski definition) is 4. The molecule has 0 heterocycles. The van der Waals surface area contributed by atoms with Crippen molar-refractivity contribution < 1.29 is 32.9 Å². The number of halogens is 3. The Labute approximate surface area is 122 Å². The molecular weight excluding hydrogens is 342 g/mol. The molecule has 0 bridgehead atoms. The second-order valence-corrected chi connectivity index (χ2v) is 4.55. The first-order chi connectivity index (χ1) is 9.33. The first-order valence-corrected chi connectivity index (χ1v) is 6.21. The summed E-state index contributed by atoms with van der Waals surface area (Å²) in [5, 5.41) is 8.38. The molecule has 0 aliphatic rings. The predicted molar refractivity (Wildman–Crippen MR) is 69.6 cm³/mol. The lowest BCUT2D eigenvalue weighted by Crippen LogP contribution is -2.24. The Morgan fingerprint density at radius 1 is 1.35 bits per heavy atom. The van der Waals surface area contributed by atoms with E-state index in [1.165, 1.54) is 20.3 Å². The number of hydrogen-bond donors (Lipinski definition) is 1. The second kappa shape index (κ2) is 6.85. The highest BCUT2D eigenvalue weighted by Gasteiger charge is 2.37. The topological polar surface area (TPSA) is 65.0 Å². The highest BCUT2D eigenvalue weighted by Crippen LogP contribution is 2.43. The summed E-state index contributed by atoms with van der Waals surface area (Å²) in [5.74, 6) is -4.46. The van der Waals surface area contributed by atoms with E-state index in [1.807, 2.05) is 0 Å². The summed E-state index contributed by atoms with van der Waals surface area (Å²) in [6.45, 7) is -1.86. The standard InChI is InChI=1S/C12H13BrF2O5/c1-18-8-4-3-7(11(19-2)10(8)13)12(14,15)6-20-5-9(16)17/h3-4H,5-6H2,1-2H3,(H,16,17). The van der Waals surface area contributed by atoms with Crippen LogP contribution in [0.3, 0.4) is 0 Å². The molecule has 0 fully saturated rings. The van der Waals surface area contributed by atoms with E-state index in [1.54, 1.807) is 0 Å². The number of aliphatic carboxylic acids is 1. The van der Waals surface area contributed by atoms with Gasteiger partial charge < -0.3 is 19.3 Å². The van der Waals surface area contributed by atoms with Gasteiger partial charge in [-0.3, -0.25) is 0 Å². The molecule has 0 unspecified atom stereocenters.